The molecule has 0 unspecified atom stereocenters. The lowest BCUT2D eigenvalue weighted by molar-refractivity contribution is -0.178. The predicted octanol–water partition coefficient (Wildman–Crippen LogP) is 2.79. The van der Waals surface area contributed by atoms with Gasteiger partial charge in [-0.1, -0.05) is 23.4 Å². The van der Waals surface area contributed by atoms with Gasteiger partial charge in [-0.2, -0.15) is 5.10 Å². The SMILES string of the molecule is OC[C@H]1O[C@H](Sc2cncc(Cl)c2)[C@H](O)[C@@H](n2ccc(-c3cc(F)c(F)c(F)c3)n2)[C@H]1O. The number of hydrogen-bond donors (Lipinski definition) is 3. The second-order valence-electron chi connectivity index (χ2n) is 7.09. The van der Waals surface area contributed by atoms with Gasteiger partial charge in [0.2, 0.25) is 0 Å². The van der Waals surface area contributed by atoms with Gasteiger partial charge < -0.3 is 20.1 Å². The summed E-state index contributed by atoms with van der Waals surface area (Å²) >= 11 is 7.04. The monoisotopic (exact) mass is 487 g/mol. The summed E-state index contributed by atoms with van der Waals surface area (Å²) in [6.45, 7) is -0.530. The quantitative estimate of drug-likeness (QED) is 0.476. The number of thioether (sulfide) groups is 1. The standard InChI is InChI=1S/C20H17ClF3N3O4S/c21-10-5-11(7-25-6-10)32-20-19(30)17(18(29)15(8-28)31-20)27-2-1-14(26-27)9-3-12(22)16(24)13(23)4-9/h1-7,15,17-20,28-30H,8H2/t15-,17+,18+,19-,20-/m1/s1. The van der Waals surface area contributed by atoms with Gasteiger partial charge in [-0.25, -0.2) is 13.2 Å². The van der Waals surface area contributed by atoms with E-state index in [2.05, 4.69) is 10.1 Å². The highest BCUT2D eigenvalue weighted by Gasteiger charge is 2.46. The first-order valence-electron chi connectivity index (χ1n) is 9.38. The average Bonchev–Trinajstić information content (AvgIpc) is 3.23. The van der Waals surface area contributed by atoms with Crippen molar-refractivity contribution in [3.63, 3.8) is 0 Å². The number of hydrogen-bond acceptors (Lipinski definition) is 7. The van der Waals surface area contributed by atoms with E-state index in [1.807, 2.05) is 0 Å². The van der Waals surface area contributed by atoms with Gasteiger partial charge in [-0.05, 0) is 24.3 Å². The van der Waals surface area contributed by atoms with Gasteiger partial charge in [0.15, 0.2) is 17.5 Å². The zero-order valence-corrected chi connectivity index (χ0v) is 17.7. The first kappa shape index (κ1) is 23.0. The number of aromatic nitrogens is 3. The molecule has 0 aliphatic carbocycles. The Balaban J connectivity index is 1.64. The Hall–Kier alpha value is -2.15. The van der Waals surface area contributed by atoms with Gasteiger partial charge in [0.1, 0.15) is 29.8 Å². The molecule has 5 atom stereocenters. The Kier molecular flexibility index (Phi) is 6.75. The number of benzene rings is 1. The summed E-state index contributed by atoms with van der Waals surface area (Å²) < 4.78 is 47.3. The van der Waals surface area contributed by atoms with Crippen LogP contribution >= 0.6 is 23.4 Å². The zero-order chi connectivity index (χ0) is 23.0. The van der Waals surface area contributed by atoms with Crippen LogP contribution in [-0.2, 0) is 4.74 Å². The molecule has 0 saturated carbocycles. The summed E-state index contributed by atoms with van der Waals surface area (Å²) in [4.78, 5) is 4.56. The molecule has 1 saturated heterocycles. The highest BCUT2D eigenvalue weighted by Crippen LogP contribution is 2.38. The number of halogens is 4. The van der Waals surface area contributed by atoms with Crippen LogP contribution in [0.25, 0.3) is 11.3 Å². The lowest BCUT2D eigenvalue weighted by Gasteiger charge is -2.42. The van der Waals surface area contributed by atoms with E-state index in [0.29, 0.717) is 9.92 Å². The van der Waals surface area contributed by atoms with Crippen molar-refractivity contribution in [2.45, 2.75) is 34.7 Å². The molecule has 3 heterocycles. The average molecular weight is 488 g/mol. The van der Waals surface area contributed by atoms with E-state index in [4.69, 9.17) is 16.3 Å². The van der Waals surface area contributed by atoms with Crippen molar-refractivity contribution in [2.75, 3.05) is 6.61 Å². The summed E-state index contributed by atoms with van der Waals surface area (Å²) in [6.07, 6.45) is 0.670. The molecule has 32 heavy (non-hydrogen) atoms. The summed E-state index contributed by atoms with van der Waals surface area (Å²) in [5.41, 5.74) is -0.850. The third kappa shape index (κ3) is 4.49. The fourth-order valence-corrected chi connectivity index (χ4v) is 4.75. The molecular weight excluding hydrogens is 471 g/mol. The lowest BCUT2D eigenvalue weighted by Crippen LogP contribution is -2.55. The maximum Gasteiger partial charge on any atom is 0.194 e. The maximum absolute atomic E-state index is 13.6. The van der Waals surface area contributed by atoms with E-state index >= 15 is 0 Å². The van der Waals surface area contributed by atoms with Crippen LogP contribution in [0.1, 0.15) is 6.04 Å². The van der Waals surface area contributed by atoms with E-state index in [1.165, 1.54) is 29.3 Å². The Bertz CT molecular complexity index is 1100. The van der Waals surface area contributed by atoms with Crippen molar-refractivity contribution in [2.24, 2.45) is 0 Å². The third-order valence-electron chi connectivity index (χ3n) is 4.97. The minimum atomic E-state index is -1.59. The van der Waals surface area contributed by atoms with Crippen LogP contribution in [0.3, 0.4) is 0 Å². The molecule has 0 bridgehead atoms. The molecule has 170 valence electrons. The molecule has 0 spiro atoms. The lowest BCUT2D eigenvalue weighted by atomic mass is 9.97. The zero-order valence-electron chi connectivity index (χ0n) is 16.1. The van der Waals surface area contributed by atoms with Crippen LogP contribution in [0.5, 0.6) is 0 Å². The van der Waals surface area contributed by atoms with Gasteiger partial charge in [0.25, 0.3) is 0 Å². The van der Waals surface area contributed by atoms with Crippen LogP contribution in [0.15, 0.2) is 47.8 Å². The molecule has 1 aliphatic rings. The van der Waals surface area contributed by atoms with Gasteiger partial charge >= 0.3 is 0 Å². The van der Waals surface area contributed by atoms with Crippen LogP contribution in [0.2, 0.25) is 5.02 Å². The molecule has 1 aliphatic heterocycles. The number of pyridine rings is 1. The summed E-state index contributed by atoms with van der Waals surface area (Å²) in [5.74, 6) is -4.33. The summed E-state index contributed by atoms with van der Waals surface area (Å²) in [5, 5.41) is 35.8. The molecule has 3 aromatic rings. The van der Waals surface area contributed by atoms with Crippen LogP contribution in [0, 0.1) is 17.5 Å². The first-order chi connectivity index (χ1) is 15.3. The van der Waals surface area contributed by atoms with Crippen LogP contribution < -0.4 is 0 Å². The van der Waals surface area contributed by atoms with Gasteiger partial charge in [-0.3, -0.25) is 9.67 Å². The number of nitrogens with zero attached hydrogens (tertiary/aromatic N) is 3. The molecular formula is C20H17ClF3N3O4S. The van der Waals surface area contributed by atoms with Crippen molar-refractivity contribution in [3.05, 3.63) is 65.3 Å². The summed E-state index contributed by atoms with van der Waals surface area (Å²) in [7, 11) is 0. The minimum absolute atomic E-state index is 0.0224. The molecule has 1 aromatic carbocycles. The Morgan fingerprint density at radius 1 is 1.09 bits per heavy atom. The molecule has 2 aromatic heterocycles. The normalized spacial score (nSPS) is 25.8. The minimum Gasteiger partial charge on any atom is -0.394 e. The smallest absolute Gasteiger partial charge is 0.194 e. The predicted molar refractivity (Wildman–Crippen MR) is 109 cm³/mol. The fourth-order valence-electron chi connectivity index (χ4n) is 3.43. The molecule has 1 fully saturated rings. The van der Waals surface area contributed by atoms with Gasteiger partial charge in [0.05, 0.1) is 17.3 Å². The molecule has 0 radical (unpaired) electrons. The van der Waals surface area contributed by atoms with Gasteiger partial charge in [0, 0.05) is 29.0 Å². The Morgan fingerprint density at radius 2 is 1.81 bits per heavy atom. The fraction of sp³-hybridized carbons (Fsp3) is 0.300. The topological polar surface area (TPSA) is 101 Å². The maximum atomic E-state index is 13.6. The first-order valence-corrected chi connectivity index (χ1v) is 10.6. The molecule has 4 rings (SSSR count). The van der Waals surface area contributed by atoms with Crippen molar-refractivity contribution in [1.82, 2.24) is 14.8 Å². The second-order valence-corrected chi connectivity index (χ2v) is 8.70. The Labute approximate surface area is 189 Å². The van der Waals surface area contributed by atoms with Gasteiger partial charge in [-0.15, -0.1) is 0 Å². The van der Waals surface area contributed by atoms with E-state index in [0.717, 1.165) is 23.9 Å². The van der Waals surface area contributed by atoms with E-state index in [-0.39, 0.29) is 11.3 Å². The Morgan fingerprint density at radius 3 is 2.47 bits per heavy atom. The highest BCUT2D eigenvalue weighted by molar-refractivity contribution is 7.99. The van der Waals surface area contributed by atoms with Crippen molar-refractivity contribution in [3.8, 4) is 11.3 Å². The number of aliphatic hydroxyl groups is 3. The van der Waals surface area contributed by atoms with E-state index < -0.39 is 53.8 Å². The van der Waals surface area contributed by atoms with Crippen LogP contribution in [-0.4, -0.2) is 60.4 Å². The molecule has 0 amide bonds. The number of aliphatic hydroxyl groups excluding tert-OH is 3. The van der Waals surface area contributed by atoms with Crippen molar-refractivity contribution < 1.29 is 33.2 Å². The third-order valence-corrected chi connectivity index (χ3v) is 6.30. The van der Waals surface area contributed by atoms with Crippen LogP contribution in [0.4, 0.5) is 13.2 Å². The number of rotatable bonds is 5. The molecule has 3 N–H and O–H groups in total. The van der Waals surface area contributed by atoms with E-state index in [1.54, 1.807) is 6.07 Å². The van der Waals surface area contributed by atoms with E-state index in [9.17, 15) is 28.5 Å². The summed E-state index contributed by atoms with van der Waals surface area (Å²) in [6, 6.07) is 3.55. The highest BCUT2D eigenvalue weighted by atomic mass is 35.5. The number of ether oxygens (including phenoxy) is 1. The van der Waals surface area contributed by atoms with Crippen molar-refractivity contribution >= 4 is 23.4 Å². The largest absolute Gasteiger partial charge is 0.394 e. The van der Waals surface area contributed by atoms with Crippen molar-refractivity contribution in [1.29, 1.82) is 0 Å². The molecule has 7 nitrogen and oxygen atoms in total. The second kappa shape index (κ2) is 9.38. The molecule has 12 heteroatoms.